The fourth-order valence-electron chi connectivity index (χ4n) is 2.99. The number of furan rings is 1. The van der Waals surface area contributed by atoms with Crippen LogP contribution in [0.25, 0.3) is 0 Å². The third-order valence-electron chi connectivity index (χ3n) is 4.23. The number of nitrogens with zero attached hydrogens (tertiary/aromatic N) is 2. The van der Waals surface area contributed by atoms with Gasteiger partial charge in [-0.3, -0.25) is 5.01 Å². The van der Waals surface area contributed by atoms with Crippen molar-refractivity contribution in [1.29, 1.82) is 0 Å². The summed E-state index contributed by atoms with van der Waals surface area (Å²) in [4.78, 5) is 0. The van der Waals surface area contributed by atoms with Crippen molar-refractivity contribution < 1.29 is 9.15 Å². The number of methoxy groups -OCH3 is 1. The second-order valence-electron chi connectivity index (χ2n) is 5.69. The van der Waals surface area contributed by atoms with E-state index in [1.807, 2.05) is 59.6 Å². The molecule has 4 heteroatoms. The van der Waals surface area contributed by atoms with E-state index in [0.717, 1.165) is 34.9 Å². The van der Waals surface area contributed by atoms with Gasteiger partial charge in [0.05, 0.1) is 24.8 Å². The number of anilines is 1. The summed E-state index contributed by atoms with van der Waals surface area (Å²) in [6, 6.07) is 22.2. The second-order valence-corrected chi connectivity index (χ2v) is 5.69. The number of hydrogen-bond acceptors (Lipinski definition) is 4. The minimum Gasteiger partial charge on any atom is -0.497 e. The van der Waals surface area contributed by atoms with Gasteiger partial charge in [0.1, 0.15) is 17.6 Å². The summed E-state index contributed by atoms with van der Waals surface area (Å²) in [5.74, 6) is 1.77. The Hall–Kier alpha value is -3.01. The summed E-state index contributed by atoms with van der Waals surface area (Å²) in [6.45, 7) is 0. The van der Waals surface area contributed by atoms with Crippen molar-refractivity contribution in [3.05, 3.63) is 84.3 Å². The minimum atomic E-state index is 0.0690. The normalized spacial score (nSPS) is 17.0. The van der Waals surface area contributed by atoms with Crippen molar-refractivity contribution in [3.63, 3.8) is 0 Å². The maximum atomic E-state index is 5.65. The average Bonchev–Trinajstić information content (AvgIpc) is 3.32. The molecule has 0 radical (unpaired) electrons. The molecule has 0 amide bonds. The minimum absolute atomic E-state index is 0.0690. The van der Waals surface area contributed by atoms with Crippen molar-refractivity contribution in [2.75, 3.05) is 12.1 Å². The molecule has 0 N–H and O–H groups in total. The van der Waals surface area contributed by atoms with Crippen LogP contribution >= 0.6 is 0 Å². The number of rotatable bonds is 4. The van der Waals surface area contributed by atoms with Crippen LogP contribution in [-0.2, 0) is 0 Å². The highest BCUT2D eigenvalue weighted by Crippen LogP contribution is 2.36. The van der Waals surface area contributed by atoms with Crippen LogP contribution in [0.5, 0.6) is 5.75 Å². The molecule has 0 aliphatic carbocycles. The molecular weight excluding hydrogens is 300 g/mol. The molecule has 1 atom stereocenters. The maximum absolute atomic E-state index is 5.65. The van der Waals surface area contributed by atoms with Gasteiger partial charge in [-0.1, -0.05) is 18.2 Å². The van der Waals surface area contributed by atoms with Gasteiger partial charge >= 0.3 is 0 Å². The van der Waals surface area contributed by atoms with Crippen LogP contribution in [0.3, 0.4) is 0 Å². The molecule has 4 rings (SSSR count). The molecule has 2 heterocycles. The van der Waals surface area contributed by atoms with E-state index < -0.39 is 0 Å². The molecule has 3 aromatic rings. The molecule has 4 nitrogen and oxygen atoms in total. The molecule has 24 heavy (non-hydrogen) atoms. The Labute approximate surface area is 141 Å². The Morgan fingerprint density at radius 2 is 1.79 bits per heavy atom. The second kappa shape index (κ2) is 6.24. The highest BCUT2D eigenvalue weighted by molar-refractivity contribution is 6.03. The van der Waals surface area contributed by atoms with E-state index >= 15 is 0 Å². The lowest BCUT2D eigenvalue weighted by Gasteiger charge is -2.21. The van der Waals surface area contributed by atoms with Crippen LogP contribution in [0.4, 0.5) is 5.69 Å². The van der Waals surface area contributed by atoms with E-state index in [-0.39, 0.29) is 6.04 Å². The summed E-state index contributed by atoms with van der Waals surface area (Å²) < 4.78 is 10.9. The summed E-state index contributed by atoms with van der Waals surface area (Å²) in [6.07, 6.45) is 2.51. The number of ether oxygens (including phenoxy) is 1. The first-order valence-electron chi connectivity index (χ1n) is 7.95. The van der Waals surface area contributed by atoms with Gasteiger partial charge in [0, 0.05) is 6.42 Å². The van der Waals surface area contributed by atoms with Crippen molar-refractivity contribution in [2.45, 2.75) is 12.5 Å². The molecule has 0 saturated carbocycles. The zero-order chi connectivity index (χ0) is 16.4. The van der Waals surface area contributed by atoms with Crippen LogP contribution < -0.4 is 9.75 Å². The quantitative estimate of drug-likeness (QED) is 0.703. The summed E-state index contributed by atoms with van der Waals surface area (Å²) >= 11 is 0. The van der Waals surface area contributed by atoms with Gasteiger partial charge in [-0.05, 0) is 54.1 Å². The molecule has 2 aromatic carbocycles. The standard InChI is InChI=1S/C20H18N2O2/c1-23-17-11-9-15(10-12-17)18-14-19(20-8-5-13-24-20)22(21-18)16-6-3-2-4-7-16/h2-13,19H,14H2,1H3. The van der Waals surface area contributed by atoms with E-state index in [1.165, 1.54) is 0 Å². The lowest BCUT2D eigenvalue weighted by molar-refractivity contribution is 0.415. The fraction of sp³-hybridized carbons (Fsp3) is 0.150. The van der Waals surface area contributed by atoms with Crippen LogP contribution in [0.15, 0.2) is 82.5 Å². The number of para-hydroxylation sites is 1. The average molecular weight is 318 g/mol. The SMILES string of the molecule is COc1ccc(C2=NN(c3ccccc3)C(c3ccco3)C2)cc1. The number of benzene rings is 2. The molecule has 0 saturated heterocycles. The van der Waals surface area contributed by atoms with E-state index in [0.29, 0.717) is 0 Å². The highest BCUT2D eigenvalue weighted by atomic mass is 16.5. The first-order valence-corrected chi connectivity index (χ1v) is 7.95. The van der Waals surface area contributed by atoms with Crippen LogP contribution in [-0.4, -0.2) is 12.8 Å². The molecule has 1 unspecified atom stereocenters. The van der Waals surface area contributed by atoms with Gasteiger partial charge in [0.2, 0.25) is 0 Å². The topological polar surface area (TPSA) is 38.0 Å². The van der Waals surface area contributed by atoms with Crippen molar-refractivity contribution >= 4 is 11.4 Å². The first kappa shape index (κ1) is 14.6. The summed E-state index contributed by atoms with van der Waals surface area (Å²) in [5, 5.41) is 6.91. The van der Waals surface area contributed by atoms with Crippen LogP contribution in [0, 0.1) is 0 Å². The van der Waals surface area contributed by atoms with Gasteiger partial charge in [-0.25, -0.2) is 0 Å². The Morgan fingerprint density at radius 3 is 2.46 bits per heavy atom. The Morgan fingerprint density at radius 1 is 1.00 bits per heavy atom. The molecular formula is C20H18N2O2. The Balaban J connectivity index is 1.70. The molecule has 1 aliphatic heterocycles. The number of hydrazone groups is 1. The lowest BCUT2D eigenvalue weighted by atomic mass is 10.0. The van der Waals surface area contributed by atoms with Gasteiger partial charge < -0.3 is 9.15 Å². The summed E-state index contributed by atoms with van der Waals surface area (Å²) in [5.41, 5.74) is 3.20. The van der Waals surface area contributed by atoms with Crippen molar-refractivity contribution in [1.82, 2.24) is 0 Å². The zero-order valence-electron chi connectivity index (χ0n) is 13.4. The van der Waals surface area contributed by atoms with Gasteiger partial charge in [0.15, 0.2) is 0 Å². The van der Waals surface area contributed by atoms with Crippen LogP contribution in [0.1, 0.15) is 23.8 Å². The summed E-state index contributed by atoms with van der Waals surface area (Å²) in [7, 11) is 1.67. The van der Waals surface area contributed by atoms with Crippen molar-refractivity contribution in [2.24, 2.45) is 5.10 Å². The number of hydrogen-bond donors (Lipinski definition) is 0. The molecule has 0 spiro atoms. The first-order chi connectivity index (χ1) is 11.8. The monoisotopic (exact) mass is 318 g/mol. The molecule has 0 fully saturated rings. The Bertz CT molecular complexity index is 824. The fourth-order valence-corrected chi connectivity index (χ4v) is 2.99. The predicted molar refractivity (Wildman–Crippen MR) is 94.5 cm³/mol. The Kier molecular flexibility index (Phi) is 3.79. The van der Waals surface area contributed by atoms with E-state index in [4.69, 9.17) is 14.3 Å². The largest absolute Gasteiger partial charge is 0.497 e. The molecule has 120 valence electrons. The predicted octanol–water partition coefficient (Wildman–Crippen LogP) is 4.64. The van der Waals surface area contributed by atoms with Gasteiger partial charge in [-0.15, -0.1) is 0 Å². The van der Waals surface area contributed by atoms with E-state index in [1.54, 1.807) is 13.4 Å². The van der Waals surface area contributed by atoms with E-state index in [9.17, 15) is 0 Å². The zero-order valence-corrected chi connectivity index (χ0v) is 13.4. The molecule has 1 aromatic heterocycles. The van der Waals surface area contributed by atoms with Gasteiger partial charge in [0.25, 0.3) is 0 Å². The maximum Gasteiger partial charge on any atom is 0.128 e. The third-order valence-corrected chi connectivity index (χ3v) is 4.23. The van der Waals surface area contributed by atoms with Crippen LogP contribution in [0.2, 0.25) is 0 Å². The highest BCUT2D eigenvalue weighted by Gasteiger charge is 2.31. The van der Waals surface area contributed by atoms with Gasteiger partial charge in [-0.2, -0.15) is 5.10 Å². The molecule has 0 bridgehead atoms. The molecule has 1 aliphatic rings. The lowest BCUT2D eigenvalue weighted by Crippen LogP contribution is -2.17. The third kappa shape index (κ3) is 2.67. The van der Waals surface area contributed by atoms with Crippen molar-refractivity contribution in [3.8, 4) is 5.75 Å². The van der Waals surface area contributed by atoms with E-state index in [2.05, 4.69) is 12.1 Å². The smallest absolute Gasteiger partial charge is 0.128 e.